The van der Waals surface area contributed by atoms with Crippen LogP contribution in [0.25, 0.3) is 11.0 Å². The molecule has 0 bridgehead atoms. The molecule has 8 heteroatoms. The molecular weight excluding hydrogens is 394 g/mol. The Hall–Kier alpha value is -3.16. The van der Waals surface area contributed by atoms with Gasteiger partial charge < -0.3 is 5.32 Å². The molecule has 1 aromatic carbocycles. The summed E-state index contributed by atoms with van der Waals surface area (Å²) in [6.45, 7) is 4.18. The predicted octanol–water partition coefficient (Wildman–Crippen LogP) is 2.19. The second kappa shape index (κ2) is 8.91. The van der Waals surface area contributed by atoms with Crippen LogP contribution in [0.1, 0.15) is 50.3 Å². The standard InChI is InChI=1S/C23H29N5O3/c1-3-28-21-20(16(2)25-28)26(15-19(29)24-18-12-8-5-9-13-18)23(31)27(22(21)30)14-17-10-6-4-7-11-17/h4,6-7,10-11,18H,3,5,8-9,12-15H2,1-2H3,(H,24,29). The Balaban J connectivity index is 1.79. The molecular formula is C23H29N5O3. The fraction of sp³-hybridized carbons (Fsp3) is 0.478. The molecule has 0 atom stereocenters. The summed E-state index contributed by atoms with van der Waals surface area (Å²) in [4.78, 5) is 39.5. The van der Waals surface area contributed by atoms with Gasteiger partial charge >= 0.3 is 5.69 Å². The fourth-order valence-corrected chi connectivity index (χ4v) is 4.51. The summed E-state index contributed by atoms with van der Waals surface area (Å²) in [5, 5.41) is 7.52. The van der Waals surface area contributed by atoms with Crippen molar-refractivity contribution < 1.29 is 4.79 Å². The molecule has 1 fully saturated rings. The zero-order chi connectivity index (χ0) is 22.0. The van der Waals surface area contributed by atoms with E-state index in [4.69, 9.17) is 0 Å². The molecule has 1 aliphatic carbocycles. The largest absolute Gasteiger partial charge is 0.352 e. The summed E-state index contributed by atoms with van der Waals surface area (Å²) in [5.74, 6) is -0.205. The van der Waals surface area contributed by atoms with Gasteiger partial charge in [-0.3, -0.25) is 23.4 Å². The fourth-order valence-electron chi connectivity index (χ4n) is 4.51. The number of nitrogens with one attached hydrogen (secondary N) is 1. The van der Waals surface area contributed by atoms with Crippen LogP contribution in [-0.2, 0) is 24.4 Å². The average molecular weight is 424 g/mol. The molecule has 0 aliphatic heterocycles. The summed E-state index contributed by atoms with van der Waals surface area (Å²) in [5.41, 5.74) is 1.36. The third-order valence-corrected chi connectivity index (χ3v) is 6.03. The topological polar surface area (TPSA) is 90.9 Å². The first-order valence-electron chi connectivity index (χ1n) is 11.0. The predicted molar refractivity (Wildman–Crippen MR) is 119 cm³/mol. The van der Waals surface area contributed by atoms with E-state index >= 15 is 0 Å². The lowest BCUT2D eigenvalue weighted by atomic mass is 9.95. The monoisotopic (exact) mass is 423 g/mol. The zero-order valence-electron chi connectivity index (χ0n) is 18.1. The molecule has 1 N–H and O–H groups in total. The van der Waals surface area contributed by atoms with Crippen molar-refractivity contribution in [2.45, 2.75) is 71.6 Å². The van der Waals surface area contributed by atoms with E-state index in [0.29, 0.717) is 23.3 Å². The first-order chi connectivity index (χ1) is 15.0. The number of aromatic nitrogens is 4. The number of carbonyl (C=O) groups excluding carboxylic acids is 1. The van der Waals surface area contributed by atoms with Crippen molar-refractivity contribution in [1.82, 2.24) is 24.2 Å². The van der Waals surface area contributed by atoms with Gasteiger partial charge in [0, 0.05) is 12.6 Å². The Morgan fingerprint density at radius 2 is 1.77 bits per heavy atom. The van der Waals surface area contributed by atoms with Crippen LogP contribution < -0.4 is 16.6 Å². The number of benzene rings is 1. The van der Waals surface area contributed by atoms with E-state index < -0.39 is 5.69 Å². The molecule has 0 spiro atoms. The summed E-state index contributed by atoms with van der Waals surface area (Å²) in [7, 11) is 0. The van der Waals surface area contributed by atoms with Crippen molar-refractivity contribution in [3.05, 3.63) is 62.4 Å². The smallest absolute Gasteiger partial charge is 0.332 e. The van der Waals surface area contributed by atoms with Gasteiger partial charge in [-0.25, -0.2) is 4.79 Å². The van der Waals surface area contributed by atoms with Gasteiger partial charge in [-0.05, 0) is 32.3 Å². The Morgan fingerprint density at radius 1 is 1.06 bits per heavy atom. The third kappa shape index (κ3) is 4.19. The highest BCUT2D eigenvalue weighted by molar-refractivity contribution is 5.81. The first kappa shape index (κ1) is 21.1. The van der Waals surface area contributed by atoms with Gasteiger partial charge in [0.25, 0.3) is 5.56 Å². The van der Waals surface area contributed by atoms with Crippen LogP contribution in [0.3, 0.4) is 0 Å². The molecule has 8 nitrogen and oxygen atoms in total. The number of carbonyl (C=O) groups is 1. The van der Waals surface area contributed by atoms with Crippen LogP contribution in [0.5, 0.6) is 0 Å². The molecule has 3 aromatic rings. The van der Waals surface area contributed by atoms with E-state index in [1.54, 1.807) is 11.6 Å². The van der Waals surface area contributed by atoms with Crippen LogP contribution in [0, 0.1) is 6.92 Å². The second-order valence-electron chi connectivity index (χ2n) is 8.25. The van der Waals surface area contributed by atoms with E-state index in [1.807, 2.05) is 37.3 Å². The number of amides is 1. The molecule has 31 heavy (non-hydrogen) atoms. The molecule has 1 amide bonds. The zero-order valence-corrected chi connectivity index (χ0v) is 18.1. The van der Waals surface area contributed by atoms with Crippen molar-refractivity contribution in [2.24, 2.45) is 0 Å². The van der Waals surface area contributed by atoms with Gasteiger partial charge in [-0.15, -0.1) is 0 Å². The minimum atomic E-state index is -0.487. The molecule has 0 unspecified atom stereocenters. The second-order valence-corrected chi connectivity index (χ2v) is 8.25. The Labute approximate surface area is 180 Å². The van der Waals surface area contributed by atoms with Crippen molar-refractivity contribution >= 4 is 16.9 Å². The lowest BCUT2D eigenvalue weighted by Gasteiger charge is -2.23. The van der Waals surface area contributed by atoms with Gasteiger partial charge in [-0.2, -0.15) is 5.10 Å². The molecule has 164 valence electrons. The van der Waals surface area contributed by atoms with Crippen molar-refractivity contribution in [3.63, 3.8) is 0 Å². The van der Waals surface area contributed by atoms with E-state index in [2.05, 4.69) is 10.4 Å². The summed E-state index contributed by atoms with van der Waals surface area (Å²) in [6.07, 6.45) is 5.36. The first-order valence-corrected chi connectivity index (χ1v) is 11.0. The summed E-state index contributed by atoms with van der Waals surface area (Å²) >= 11 is 0. The van der Waals surface area contributed by atoms with Crippen molar-refractivity contribution in [1.29, 1.82) is 0 Å². The third-order valence-electron chi connectivity index (χ3n) is 6.03. The van der Waals surface area contributed by atoms with Crippen molar-refractivity contribution in [2.75, 3.05) is 0 Å². The Bertz CT molecular complexity index is 1200. The van der Waals surface area contributed by atoms with E-state index in [0.717, 1.165) is 31.2 Å². The lowest BCUT2D eigenvalue weighted by Crippen LogP contribution is -2.45. The van der Waals surface area contributed by atoms with Gasteiger partial charge in [0.15, 0.2) is 5.52 Å². The maximum Gasteiger partial charge on any atom is 0.332 e. The number of fused-ring (bicyclic) bond motifs is 1. The van der Waals surface area contributed by atoms with Crippen LogP contribution in [0.4, 0.5) is 0 Å². The normalized spacial score (nSPS) is 14.8. The Morgan fingerprint density at radius 3 is 2.45 bits per heavy atom. The lowest BCUT2D eigenvalue weighted by molar-refractivity contribution is -0.122. The van der Waals surface area contributed by atoms with E-state index in [9.17, 15) is 14.4 Å². The van der Waals surface area contributed by atoms with Gasteiger partial charge in [0.05, 0.1) is 12.2 Å². The number of aryl methyl sites for hydroxylation is 2. The number of rotatable bonds is 6. The molecule has 2 aromatic heterocycles. The molecule has 2 heterocycles. The van der Waals surface area contributed by atoms with Crippen LogP contribution in [0.2, 0.25) is 0 Å². The van der Waals surface area contributed by atoms with Gasteiger partial charge in [0.1, 0.15) is 12.1 Å². The van der Waals surface area contributed by atoms with Gasteiger partial charge in [0.2, 0.25) is 5.91 Å². The molecule has 0 saturated heterocycles. The van der Waals surface area contributed by atoms with E-state index in [-0.39, 0.29) is 30.6 Å². The Kier molecular flexibility index (Phi) is 6.06. The summed E-state index contributed by atoms with van der Waals surface area (Å²) < 4.78 is 4.23. The minimum Gasteiger partial charge on any atom is -0.352 e. The van der Waals surface area contributed by atoms with Crippen LogP contribution in [-0.4, -0.2) is 30.9 Å². The quantitative estimate of drug-likeness (QED) is 0.658. The van der Waals surface area contributed by atoms with E-state index in [1.165, 1.54) is 15.6 Å². The highest BCUT2D eigenvalue weighted by Gasteiger charge is 2.23. The maximum absolute atomic E-state index is 13.4. The molecule has 1 aliphatic rings. The number of nitrogens with zero attached hydrogens (tertiary/aromatic N) is 4. The number of hydrogen-bond donors (Lipinski definition) is 1. The van der Waals surface area contributed by atoms with Crippen molar-refractivity contribution in [3.8, 4) is 0 Å². The molecule has 0 radical (unpaired) electrons. The maximum atomic E-state index is 13.4. The minimum absolute atomic E-state index is 0.128. The summed E-state index contributed by atoms with van der Waals surface area (Å²) in [6, 6.07) is 9.53. The van der Waals surface area contributed by atoms with Crippen LogP contribution in [0.15, 0.2) is 39.9 Å². The average Bonchev–Trinajstić information content (AvgIpc) is 3.12. The van der Waals surface area contributed by atoms with Gasteiger partial charge in [-0.1, -0.05) is 49.6 Å². The molecule has 4 rings (SSSR count). The highest BCUT2D eigenvalue weighted by atomic mass is 16.2. The SMILES string of the molecule is CCn1nc(C)c2c1c(=O)n(Cc1ccccc1)c(=O)n2CC(=O)NC1CCCCC1. The highest BCUT2D eigenvalue weighted by Crippen LogP contribution is 2.18. The molecule has 1 saturated carbocycles. The van der Waals surface area contributed by atoms with Crippen LogP contribution >= 0.6 is 0 Å². The number of hydrogen-bond acceptors (Lipinski definition) is 4.